The molecule has 2 N–H and O–H groups in total. The van der Waals surface area contributed by atoms with Gasteiger partial charge in [0.2, 0.25) is 0 Å². The lowest BCUT2D eigenvalue weighted by molar-refractivity contribution is 0.169. The van der Waals surface area contributed by atoms with Gasteiger partial charge in [-0.25, -0.2) is 4.98 Å². The summed E-state index contributed by atoms with van der Waals surface area (Å²) in [7, 11) is 0. The number of halogens is 2. The van der Waals surface area contributed by atoms with Crippen molar-refractivity contribution in [1.82, 2.24) is 15.3 Å². The lowest BCUT2D eigenvalue weighted by Gasteiger charge is -2.11. The first-order valence-electron chi connectivity index (χ1n) is 5.77. The van der Waals surface area contributed by atoms with Crippen molar-refractivity contribution >= 4 is 23.2 Å². The van der Waals surface area contributed by atoms with E-state index < -0.39 is 6.10 Å². The second-order valence-electron chi connectivity index (χ2n) is 3.99. The third-order valence-electron chi connectivity index (χ3n) is 2.57. The highest BCUT2D eigenvalue weighted by atomic mass is 35.5. The van der Waals surface area contributed by atoms with Crippen molar-refractivity contribution in [2.45, 2.75) is 12.6 Å². The summed E-state index contributed by atoms with van der Waals surface area (Å²) in [5, 5.41) is 13.8. The van der Waals surface area contributed by atoms with Gasteiger partial charge >= 0.3 is 0 Å². The van der Waals surface area contributed by atoms with Crippen LogP contribution in [0.4, 0.5) is 0 Å². The van der Waals surface area contributed by atoms with Gasteiger partial charge < -0.3 is 10.4 Å². The van der Waals surface area contributed by atoms with Gasteiger partial charge in [-0.05, 0) is 18.2 Å². The van der Waals surface area contributed by atoms with Gasteiger partial charge in [0.15, 0.2) is 0 Å². The Kier molecular flexibility index (Phi) is 5.10. The average molecular weight is 298 g/mol. The maximum atomic E-state index is 9.92. The predicted octanol–water partition coefficient (Wildman–Crippen LogP) is 2.61. The molecule has 6 heteroatoms. The highest BCUT2D eigenvalue weighted by Gasteiger charge is 2.08. The van der Waals surface area contributed by atoms with Crippen molar-refractivity contribution in [2.24, 2.45) is 0 Å². The number of hydrogen-bond donors (Lipinski definition) is 2. The van der Waals surface area contributed by atoms with Gasteiger partial charge in [0.1, 0.15) is 16.4 Å². The quantitative estimate of drug-likeness (QED) is 0.833. The third kappa shape index (κ3) is 4.14. The van der Waals surface area contributed by atoms with Gasteiger partial charge in [-0.15, -0.1) is 0 Å². The van der Waals surface area contributed by atoms with E-state index in [0.717, 1.165) is 5.56 Å². The van der Waals surface area contributed by atoms with Crippen molar-refractivity contribution < 1.29 is 5.11 Å². The number of hydrogen-bond acceptors (Lipinski definition) is 4. The van der Waals surface area contributed by atoms with Crippen LogP contribution in [0.15, 0.2) is 36.5 Å². The van der Waals surface area contributed by atoms with E-state index in [4.69, 9.17) is 23.2 Å². The molecule has 1 unspecified atom stereocenters. The fraction of sp³-hybridized carbons (Fsp3) is 0.231. The predicted molar refractivity (Wildman–Crippen MR) is 75.2 cm³/mol. The molecule has 2 rings (SSSR count). The Hall–Kier alpha value is -1.20. The summed E-state index contributed by atoms with van der Waals surface area (Å²) in [6, 6.07) is 8.91. The number of aromatic nitrogens is 2. The van der Waals surface area contributed by atoms with E-state index in [1.165, 1.54) is 0 Å². The summed E-state index contributed by atoms with van der Waals surface area (Å²) in [6.45, 7) is 0.892. The van der Waals surface area contributed by atoms with E-state index in [-0.39, 0.29) is 0 Å². The molecule has 100 valence electrons. The summed E-state index contributed by atoms with van der Waals surface area (Å²) in [6.07, 6.45) is 0.999. The number of rotatable bonds is 5. The number of aliphatic hydroxyl groups is 1. The number of nitrogens with one attached hydrogen (secondary N) is 1. The highest BCUT2D eigenvalue weighted by molar-refractivity contribution is 6.32. The first-order valence-corrected chi connectivity index (χ1v) is 6.53. The molecule has 0 bridgehead atoms. The maximum Gasteiger partial charge on any atom is 0.135 e. The fourth-order valence-electron chi connectivity index (χ4n) is 1.59. The number of nitrogens with zero attached hydrogens (tertiary/aromatic N) is 2. The smallest absolute Gasteiger partial charge is 0.135 e. The molecule has 0 radical (unpaired) electrons. The molecule has 0 fully saturated rings. The van der Waals surface area contributed by atoms with E-state index in [0.29, 0.717) is 29.1 Å². The molecular weight excluding hydrogens is 285 g/mol. The van der Waals surface area contributed by atoms with E-state index in [2.05, 4.69) is 15.3 Å². The monoisotopic (exact) mass is 297 g/mol. The molecule has 2 aromatic heterocycles. The summed E-state index contributed by atoms with van der Waals surface area (Å²) >= 11 is 11.7. The number of aliphatic hydroxyl groups excluding tert-OH is 1. The zero-order valence-electron chi connectivity index (χ0n) is 10.1. The molecule has 0 amide bonds. The number of pyridine rings is 2. The molecule has 2 heterocycles. The van der Waals surface area contributed by atoms with Gasteiger partial charge in [0.25, 0.3) is 0 Å². The molecule has 1 atom stereocenters. The van der Waals surface area contributed by atoms with Crippen LogP contribution in [0, 0.1) is 0 Å². The summed E-state index contributed by atoms with van der Waals surface area (Å²) in [5.74, 6) is 0. The molecule has 0 saturated carbocycles. The molecule has 2 aromatic rings. The Labute approximate surface area is 121 Å². The first-order chi connectivity index (χ1) is 9.16. The first kappa shape index (κ1) is 14.2. The lowest BCUT2D eigenvalue weighted by Crippen LogP contribution is -2.21. The van der Waals surface area contributed by atoms with Crippen LogP contribution in [-0.4, -0.2) is 21.6 Å². The van der Waals surface area contributed by atoms with Crippen LogP contribution in [0.25, 0.3) is 0 Å². The van der Waals surface area contributed by atoms with Crippen molar-refractivity contribution in [1.29, 1.82) is 0 Å². The Morgan fingerprint density at radius 1 is 1.21 bits per heavy atom. The van der Waals surface area contributed by atoms with Crippen LogP contribution >= 0.6 is 23.2 Å². The SMILES string of the molecule is OC(CNCc1ccc(Cl)nc1Cl)c1ccccn1. The average Bonchev–Trinajstić information content (AvgIpc) is 2.42. The Morgan fingerprint density at radius 3 is 2.74 bits per heavy atom. The molecule has 0 saturated heterocycles. The molecule has 0 aromatic carbocycles. The second kappa shape index (κ2) is 6.82. The Balaban J connectivity index is 1.86. The van der Waals surface area contributed by atoms with Crippen LogP contribution in [0.3, 0.4) is 0 Å². The van der Waals surface area contributed by atoms with Crippen LogP contribution in [0.1, 0.15) is 17.4 Å². The standard InChI is InChI=1S/C13H13Cl2N3O/c14-12-5-4-9(13(15)18-12)7-16-8-11(19)10-3-1-2-6-17-10/h1-6,11,16,19H,7-8H2. The van der Waals surface area contributed by atoms with Crippen LogP contribution in [-0.2, 0) is 6.54 Å². The highest BCUT2D eigenvalue weighted by Crippen LogP contribution is 2.16. The molecule has 4 nitrogen and oxygen atoms in total. The summed E-state index contributed by atoms with van der Waals surface area (Å²) < 4.78 is 0. The largest absolute Gasteiger partial charge is 0.385 e. The van der Waals surface area contributed by atoms with Gasteiger partial charge in [-0.3, -0.25) is 4.98 Å². The molecule has 0 aliphatic rings. The Morgan fingerprint density at radius 2 is 2.05 bits per heavy atom. The summed E-state index contributed by atoms with van der Waals surface area (Å²) in [4.78, 5) is 8.03. The van der Waals surface area contributed by atoms with Crippen molar-refractivity contribution in [2.75, 3.05) is 6.54 Å². The Bertz CT molecular complexity index is 537. The molecule has 19 heavy (non-hydrogen) atoms. The minimum atomic E-state index is -0.653. The fourth-order valence-corrected chi connectivity index (χ4v) is 2.01. The van der Waals surface area contributed by atoms with Crippen molar-refractivity contribution in [3.05, 3.63) is 58.1 Å². The van der Waals surface area contributed by atoms with E-state index >= 15 is 0 Å². The van der Waals surface area contributed by atoms with Gasteiger partial charge in [-0.1, -0.05) is 35.3 Å². The van der Waals surface area contributed by atoms with Gasteiger partial charge in [-0.2, -0.15) is 0 Å². The summed E-state index contributed by atoms with van der Waals surface area (Å²) in [5.41, 5.74) is 1.47. The van der Waals surface area contributed by atoms with Crippen molar-refractivity contribution in [3.8, 4) is 0 Å². The van der Waals surface area contributed by atoms with E-state index in [9.17, 15) is 5.11 Å². The van der Waals surface area contributed by atoms with Crippen LogP contribution in [0.5, 0.6) is 0 Å². The van der Waals surface area contributed by atoms with Crippen LogP contribution < -0.4 is 5.32 Å². The van der Waals surface area contributed by atoms with Gasteiger partial charge in [0.05, 0.1) is 5.69 Å². The molecule has 0 spiro atoms. The zero-order valence-corrected chi connectivity index (χ0v) is 11.6. The van der Waals surface area contributed by atoms with E-state index in [1.54, 1.807) is 24.4 Å². The normalized spacial score (nSPS) is 12.4. The minimum Gasteiger partial charge on any atom is -0.385 e. The third-order valence-corrected chi connectivity index (χ3v) is 3.11. The van der Waals surface area contributed by atoms with Crippen molar-refractivity contribution in [3.63, 3.8) is 0 Å². The topological polar surface area (TPSA) is 58.0 Å². The minimum absolute atomic E-state index is 0.363. The second-order valence-corrected chi connectivity index (χ2v) is 4.73. The molecule has 0 aliphatic heterocycles. The lowest BCUT2D eigenvalue weighted by atomic mass is 10.2. The molecule has 0 aliphatic carbocycles. The van der Waals surface area contributed by atoms with Crippen LogP contribution in [0.2, 0.25) is 10.3 Å². The maximum absolute atomic E-state index is 9.92. The van der Waals surface area contributed by atoms with Gasteiger partial charge in [0, 0.05) is 24.8 Å². The molecular formula is C13H13Cl2N3O. The zero-order chi connectivity index (χ0) is 13.7. The van der Waals surface area contributed by atoms with E-state index in [1.807, 2.05) is 12.1 Å².